The van der Waals surface area contributed by atoms with Crippen molar-refractivity contribution in [2.75, 3.05) is 18.5 Å². The molecule has 1 aliphatic heterocycles. The van der Waals surface area contributed by atoms with E-state index >= 15 is 0 Å². The number of fused-ring (bicyclic) bond motifs is 1. The normalized spacial score (nSPS) is 21.4. The topological polar surface area (TPSA) is 92.8 Å². The third-order valence-corrected chi connectivity index (χ3v) is 5.87. The molecule has 1 aromatic carbocycles. The number of esters is 1. The van der Waals surface area contributed by atoms with Gasteiger partial charge in [0.25, 0.3) is 5.91 Å². The number of nitrogens with zero attached hydrogens (tertiary/aromatic N) is 1. The average Bonchev–Trinajstić information content (AvgIpc) is 2.95. The second kappa shape index (κ2) is 8.98. The lowest BCUT2D eigenvalue weighted by Crippen LogP contribution is -2.33. The van der Waals surface area contributed by atoms with E-state index in [9.17, 15) is 19.2 Å². The number of rotatable bonds is 6. The average molecular weight is 415 g/mol. The minimum absolute atomic E-state index is 0.0133. The Morgan fingerprint density at radius 1 is 1.03 bits per heavy atom. The van der Waals surface area contributed by atoms with Gasteiger partial charge in [0.05, 0.1) is 18.3 Å². The summed E-state index contributed by atoms with van der Waals surface area (Å²) in [5, 5.41) is 2.69. The first-order chi connectivity index (χ1) is 14.2. The quantitative estimate of drug-likeness (QED) is 0.571. The number of ether oxygens (including phenoxy) is 1. The summed E-state index contributed by atoms with van der Waals surface area (Å²) in [6.07, 6.45) is 3.30. The first kappa shape index (κ1) is 22.0. The molecule has 1 saturated heterocycles. The van der Waals surface area contributed by atoms with E-state index in [1.807, 2.05) is 24.3 Å². The van der Waals surface area contributed by atoms with Crippen molar-refractivity contribution >= 4 is 29.4 Å². The van der Waals surface area contributed by atoms with Gasteiger partial charge in [-0.25, -0.2) is 0 Å². The minimum Gasteiger partial charge on any atom is -0.456 e. The number of hydrogen-bond acceptors (Lipinski definition) is 5. The molecule has 1 aromatic rings. The van der Waals surface area contributed by atoms with Crippen LogP contribution in [0, 0.1) is 11.8 Å². The third kappa shape index (κ3) is 5.07. The van der Waals surface area contributed by atoms with Crippen LogP contribution in [0.5, 0.6) is 0 Å². The summed E-state index contributed by atoms with van der Waals surface area (Å²) in [6, 6.07) is 7.52. The van der Waals surface area contributed by atoms with E-state index in [1.165, 1.54) is 4.90 Å². The number of benzene rings is 1. The monoisotopic (exact) mass is 414 g/mol. The smallest absolute Gasteiger partial charge is 0.308 e. The van der Waals surface area contributed by atoms with Gasteiger partial charge in [0, 0.05) is 12.2 Å². The second-order valence-electron chi connectivity index (χ2n) is 9.11. The highest BCUT2D eigenvalue weighted by molar-refractivity contribution is 6.05. The minimum atomic E-state index is -0.608. The molecule has 0 unspecified atom stereocenters. The zero-order valence-electron chi connectivity index (χ0n) is 17.9. The van der Waals surface area contributed by atoms with Gasteiger partial charge in [-0.15, -0.1) is 0 Å². The largest absolute Gasteiger partial charge is 0.456 e. The predicted octanol–water partition coefficient (Wildman–Crippen LogP) is 3.03. The molecule has 3 amide bonds. The van der Waals surface area contributed by atoms with Crippen LogP contribution < -0.4 is 5.32 Å². The number of carbonyl (C=O) groups excluding carboxylic acids is 4. The van der Waals surface area contributed by atoms with E-state index in [4.69, 9.17) is 4.74 Å². The number of likely N-dealkylation sites (tertiary alicyclic amines) is 1. The molecule has 0 bridgehead atoms. The highest BCUT2D eigenvalue weighted by Gasteiger charge is 2.47. The van der Waals surface area contributed by atoms with Crippen LogP contribution in [-0.2, 0) is 29.3 Å². The van der Waals surface area contributed by atoms with Gasteiger partial charge >= 0.3 is 5.97 Å². The van der Waals surface area contributed by atoms with Gasteiger partial charge in [0.2, 0.25) is 11.8 Å². The fourth-order valence-electron chi connectivity index (χ4n) is 4.12. The molecule has 7 heteroatoms. The molecule has 1 aliphatic carbocycles. The van der Waals surface area contributed by atoms with Crippen molar-refractivity contribution in [1.29, 1.82) is 0 Å². The van der Waals surface area contributed by atoms with E-state index in [0.29, 0.717) is 5.69 Å². The Morgan fingerprint density at radius 2 is 1.60 bits per heavy atom. The molecule has 1 N–H and O–H groups in total. The summed E-state index contributed by atoms with van der Waals surface area (Å²) in [4.78, 5) is 50.0. The van der Waals surface area contributed by atoms with E-state index < -0.39 is 18.5 Å². The fourth-order valence-corrected chi connectivity index (χ4v) is 4.12. The summed E-state index contributed by atoms with van der Waals surface area (Å²) in [5.41, 5.74) is 1.80. The van der Waals surface area contributed by atoms with Gasteiger partial charge in [-0.2, -0.15) is 0 Å². The maximum Gasteiger partial charge on any atom is 0.308 e. The number of nitrogens with one attached hydrogen (secondary N) is 1. The Kier molecular flexibility index (Phi) is 6.58. The summed E-state index contributed by atoms with van der Waals surface area (Å²) < 4.78 is 5.00. The molecule has 0 radical (unpaired) electrons. The van der Waals surface area contributed by atoms with Crippen molar-refractivity contribution in [1.82, 2.24) is 4.90 Å². The molecule has 2 atom stereocenters. The van der Waals surface area contributed by atoms with Crippen molar-refractivity contribution in [3.63, 3.8) is 0 Å². The van der Waals surface area contributed by atoms with Gasteiger partial charge in [0.15, 0.2) is 6.61 Å². The lowest BCUT2D eigenvalue weighted by molar-refractivity contribution is -0.148. The Hall–Kier alpha value is -2.70. The van der Waals surface area contributed by atoms with Crippen molar-refractivity contribution in [2.45, 2.75) is 58.3 Å². The molecular weight excluding hydrogens is 384 g/mol. The van der Waals surface area contributed by atoms with Crippen LogP contribution >= 0.6 is 0 Å². The SMILES string of the molecule is CC(C)(C)c1ccc(NC(=O)COC(=O)CCN2C(=O)[C@@H]3CCCC[C@H]3C2=O)cc1. The van der Waals surface area contributed by atoms with Gasteiger partial charge in [-0.3, -0.25) is 24.1 Å². The Morgan fingerprint density at radius 3 is 2.13 bits per heavy atom. The highest BCUT2D eigenvalue weighted by Crippen LogP contribution is 2.38. The van der Waals surface area contributed by atoms with Crippen LogP contribution in [0.3, 0.4) is 0 Å². The van der Waals surface area contributed by atoms with Gasteiger partial charge in [-0.1, -0.05) is 45.7 Å². The van der Waals surface area contributed by atoms with Crippen molar-refractivity contribution < 1.29 is 23.9 Å². The van der Waals surface area contributed by atoms with Crippen LogP contribution in [-0.4, -0.2) is 41.7 Å². The first-order valence-corrected chi connectivity index (χ1v) is 10.6. The number of hydrogen-bond donors (Lipinski definition) is 1. The molecular formula is C23H30N2O5. The molecule has 0 aromatic heterocycles. The van der Waals surface area contributed by atoms with Gasteiger partial charge in [0.1, 0.15) is 0 Å². The lowest BCUT2D eigenvalue weighted by Gasteiger charge is -2.19. The first-order valence-electron chi connectivity index (χ1n) is 10.6. The van der Waals surface area contributed by atoms with Crippen LogP contribution in [0.2, 0.25) is 0 Å². The fraction of sp³-hybridized carbons (Fsp3) is 0.565. The Balaban J connectivity index is 1.42. The summed E-state index contributed by atoms with van der Waals surface area (Å²) in [6.45, 7) is 5.93. The molecule has 2 aliphatic rings. The number of carbonyl (C=O) groups is 4. The molecule has 162 valence electrons. The van der Waals surface area contributed by atoms with Crippen molar-refractivity contribution in [3.8, 4) is 0 Å². The maximum atomic E-state index is 12.4. The molecule has 3 rings (SSSR count). The molecule has 30 heavy (non-hydrogen) atoms. The number of anilines is 1. The summed E-state index contributed by atoms with van der Waals surface area (Å²) in [7, 11) is 0. The van der Waals surface area contributed by atoms with Crippen LogP contribution in [0.1, 0.15) is 58.4 Å². The van der Waals surface area contributed by atoms with E-state index in [1.54, 1.807) is 0 Å². The highest BCUT2D eigenvalue weighted by atomic mass is 16.5. The third-order valence-electron chi connectivity index (χ3n) is 5.87. The zero-order chi connectivity index (χ0) is 21.9. The van der Waals surface area contributed by atoms with E-state index in [-0.39, 0.29) is 42.0 Å². The number of amides is 3. The predicted molar refractivity (Wildman–Crippen MR) is 112 cm³/mol. The van der Waals surface area contributed by atoms with Crippen molar-refractivity contribution in [2.24, 2.45) is 11.8 Å². The molecule has 0 spiro atoms. The van der Waals surface area contributed by atoms with Crippen molar-refractivity contribution in [3.05, 3.63) is 29.8 Å². The van der Waals surface area contributed by atoms with E-state index in [2.05, 4.69) is 26.1 Å². The lowest BCUT2D eigenvalue weighted by atomic mass is 9.81. The molecule has 1 saturated carbocycles. The van der Waals surface area contributed by atoms with Crippen LogP contribution in [0.25, 0.3) is 0 Å². The maximum absolute atomic E-state index is 12.4. The molecule has 1 heterocycles. The molecule has 7 nitrogen and oxygen atoms in total. The van der Waals surface area contributed by atoms with Crippen LogP contribution in [0.15, 0.2) is 24.3 Å². The molecule has 2 fully saturated rings. The summed E-state index contributed by atoms with van der Waals surface area (Å²) in [5.74, 6) is -1.84. The summed E-state index contributed by atoms with van der Waals surface area (Å²) >= 11 is 0. The van der Waals surface area contributed by atoms with E-state index in [0.717, 1.165) is 31.2 Å². The number of imide groups is 1. The Labute approximate surface area is 177 Å². The van der Waals surface area contributed by atoms with Gasteiger partial charge < -0.3 is 10.1 Å². The van der Waals surface area contributed by atoms with Gasteiger partial charge in [-0.05, 0) is 36.0 Å². The second-order valence-corrected chi connectivity index (χ2v) is 9.11. The van der Waals surface area contributed by atoms with Crippen LogP contribution in [0.4, 0.5) is 5.69 Å². The zero-order valence-corrected chi connectivity index (χ0v) is 17.9. The Bertz CT molecular complexity index is 801. The standard InChI is InChI=1S/C23H30N2O5/c1-23(2,3)15-8-10-16(11-9-15)24-19(26)14-30-20(27)12-13-25-21(28)17-6-4-5-7-18(17)22(25)29/h8-11,17-18H,4-7,12-14H2,1-3H3,(H,24,26)/t17-,18-/m1/s1.